The maximum atomic E-state index is 12.1. The Morgan fingerprint density at radius 2 is 1.95 bits per heavy atom. The molecule has 0 atom stereocenters. The van der Waals surface area contributed by atoms with Gasteiger partial charge in [0.25, 0.3) is 0 Å². The SMILES string of the molecule is NC(=O)Nc1ccc(C(=O)CSc2ncccc2Cl)cc1. The second kappa shape index (κ2) is 7.10. The predicted molar refractivity (Wildman–Crippen MR) is 83.9 cm³/mol. The molecule has 0 spiro atoms. The van der Waals surface area contributed by atoms with Gasteiger partial charge >= 0.3 is 6.03 Å². The van der Waals surface area contributed by atoms with Gasteiger partial charge in [-0.25, -0.2) is 9.78 Å². The molecule has 1 aromatic carbocycles. The van der Waals surface area contributed by atoms with E-state index in [9.17, 15) is 9.59 Å². The van der Waals surface area contributed by atoms with Crippen molar-refractivity contribution in [2.24, 2.45) is 5.73 Å². The Labute approximate surface area is 130 Å². The minimum absolute atomic E-state index is 0.0488. The Balaban J connectivity index is 1.97. The molecule has 2 amide bonds. The highest BCUT2D eigenvalue weighted by Crippen LogP contribution is 2.24. The molecule has 7 heteroatoms. The quantitative estimate of drug-likeness (QED) is 0.654. The van der Waals surface area contributed by atoms with Crippen molar-refractivity contribution in [3.05, 3.63) is 53.2 Å². The summed E-state index contributed by atoms with van der Waals surface area (Å²) >= 11 is 7.26. The van der Waals surface area contributed by atoms with Crippen LogP contribution in [0.15, 0.2) is 47.6 Å². The Morgan fingerprint density at radius 1 is 1.24 bits per heavy atom. The third-order valence-corrected chi connectivity index (χ3v) is 3.96. The van der Waals surface area contributed by atoms with Crippen LogP contribution in [0.5, 0.6) is 0 Å². The summed E-state index contributed by atoms with van der Waals surface area (Å²) < 4.78 is 0. The first kappa shape index (κ1) is 15.3. The number of halogens is 1. The van der Waals surface area contributed by atoms with E-state index in [0.717, 1.165) is 0 Å². The van der Waals surface area contributed by atoms with Crippen LogP contribution in [0.1, 0.15) is 10.4 Å². The van der Waals surface area contributed by atoms with Crippen molar-refractivity contribution in [3.63, 3.8) is 0 Å². The number of thioether (sulfide) groups is 1. The summed E-state index contributed by atoms with van der Waals surface area (Å²) in [7, 11) is 0. The number of anilines is 1. The van der Waals surface area contributed by atoms with Crippen LogP contribution in [0.3, 0.4) is 0 Å². The summed E-state index contributed by atoms with van der Waals surface area (Å²) in [6.45, 7) is 0. The number of amides is 2. The topological polar surface area (TPSA) is 85.1 Å². The fourth-order valence-electron chi connectivity index (χ4n) is 1.58. The third-order valence-electron chi connectivity index (χ3n) is 2.54. The van der Waals surface area contributed by atoms with E-state index in [1.165, 1.54) is 11.8 Å². The fraction of sp³-hybridized carbons (Fsp3) is 0.0714. The standard InChI is InChI=1S/C14H12ClN3O2S/c15-11-2-1-7-17-13(11)21-8-12(19)9-3-5-10(6-4-9)18-14(16)20/h1-7H,8H2,(H3,16,18,20). The van der Waals surface area contributed by atoms with Crippen LogP contribution in [0.25, 0.3) is 0 Å². The van der Waals surface area contributed by atoms with Crippen LogP contribution >= 0.6 is 23.4 Å². The first-order chi connectivity index (χ1) is 10.1. The molecule has 2 aromatic rings. The van der Waals surface area contributed by atoms with Crippen LogP contribution in [0.4, 0.5) is 10.5 Å². The van der Waals surface area contributed by atoms with Crippen LogP contribution in [0, 0.1) is 0 Å². The predicted octanol–water partition coefficient (Wildman–Crippen LogP) is 3.20. The molecule has 0 aliphatic carbocycles. The molecule has 0 aliphatic rings. The molecule has 0 aliphatic heterocycles. The lowest BCUT2D eigenvalue weighted by molar-refractivity contribution is 0.102. The fourth-order valence-corrected chi connectivity index (χ4v) is 2.64. The molecule has 0 saturated heterocycles. The molecule has 21 heavy (non-hydrogen) atoms. The van der Waals surface area contributed by atoms with Crippen molar-refractivity contribution in [1.82, 2.24) is 4.98 Å². The van der Waals surface area contributed by atoms with Gasteiger partial charge in [0.05, 0.1) is 10.8 Å². The summed E-state index contributed by atoms with van der Waals surface area (Å²) in [4.78, 5) is 26.9. The number of pyridine rings is 1. The van der Waals surface area contributed by atoms with E-state index in [2.05, 4.69) is 10.3 Å². The van der Waals surface area contributed by atoms with Crippen molar-refractivity contribution >= 4 is 40.9 Å². The molecule has 108 valence electrons. The molecule has 0 unspecified atom stereocenters. The number of hydrogen-bond donors (Lipinski definition) is 2. The highest BCUT2D eigenvalue weighted by atomic mass is 35.5. The lowest BCUT2D eigenvalue weighted by Gasteiger charge is -2.04. The Hall–Kier alpha value is -2.05. The second-order valence-electron chi connectivity index (χ2n) is 4.07. The average molecular weight is 322 g/mol. The number of benzene rings is 1. The number of carbonyl (C=O) groups is 2. The number of nitrogens with two attached hydrogens (primary N) is 1. The van der Waals surface area contributed by atoms with Crippen LogP contribution in [-0.4, -0.2) is 22.6 Å². The molecule has 1 aromatic heterocycles. The van der Waals surface area contributed by atoms with E-state index >= 15 is 0 Å². The number of Topliss-reactive ketones (excluding diaryl/α,β-unsaturated/α-hetero) is 1. The van der Waals surface area contributed by atoms with Crippen molar-refractivity contribution in [3.8, 4) is 0 Å². The molecule has 5 nitrogen and oxygen atoms in total. The maximum absolute atomic E-state index is 12.1. The van der Waals surface area contributed by atoms with Gasteiger partial charge in [-0.1, -0.05) is 23.4 Å². The number of aromatic nitrogens is 1. The van der Waals surface area contributed by atoms with Gasteiger partial charge in [0.15, 0.2) is 5.78 Å². The molecular weight excluding hydrogens is 310 g/mol. The van der Waals surface area contributed by atoms with Gasteiger partial charge in [0.2, 0.25) is 0 Å². The zero-order valence-corrected chi connectivity index (χ0v) is 12.4. The molecule has 0 bridgehead atoms. The van der Waals surface area contributed by atoms with E-state index < -0.39 is 6.03 Å². The number of urea groups is 1. The number of primary amides is 1. The van der Waals surface area contributed by atoms with Crippen molar-refractivity contribution in [2.75, 3.05) is 11.1 Å². The summed E-state index contributed by atoms with van der Waals surface area (Å²) in [5.74, 6) is 0.187. The normalized spacial score (nSPS) is 10.1. The van der Waals surface area contributed by atoms with E-state index in [0.29, 0.717) is 21.3 Å². The van der Waals surface area contributed by atoms with Crippen LogP contribution in [0.2, 0.25) is 5.02 Å². The summed E-state index contributed by atoms with van der Waals surface area (Å²) in [5, 5.41) is 3.58. The van der Waals surface area contributed by atoms with Crippen molar-refractivity contribution in [2.45, 2.75) is 5.03 Å². The van der Waals surface area contributed by atoms with E-state index in [1.54, 1.807) is 42.6 Å². The lowest BCUT2D eigenvalue weighted by atomic mass is 10.1. The van der Waals surface area contributed by atoms with Crippen molar-refractivity contribution in [1.29, 1.82) is 0 Å². The monoisotopic (exact) mass is 321 g/mol. The van der Waals surface area contributed by atoms with Gasteiger partial charge < -0.3 is 11.1 Å². The highest BCUT2D eigenvalue weighted by Gasteiger charge is 2.09. The first-order valence-corrected chi connectivity index (χ1v) is 7.35. The molecule has 0 saturated carbocycles. The lowest BCUT2D eigenvalue weighted by Crippen LogP contribution is -2.19. The average Bonchev–Trinajstić information content (AvgIpc) is 2.46. The van der Waals surface area contributed by atoms with Crippen molar-refractivity contribution < 1.29 is 9.59 Å². The smallest absolute Gasteiger partial charge is 0.316 e. The number of nitrogens with zero attached hydrogens (tertiary/aromatic N) is 1. The zero-order chi connectivity index (χ0) is 15.2. The molecule has 3 N–H and O–H groups in total. The van der Waals surface area contributed by atoms with Crippen LogP contribution < -0.4 is 11.1 Å². The zero-order valence-electron chi connectivity index (χ0n) is 10.9. The number of rotatable bonds is 5. The molecule has 0 radical (unpaired) electrons. The number of ketones is 1. The first-order valence-electron chi connectivity index (χ1n) is 5.99. The second-order valence-corrected chi connectivity index (χ2v) is 5.44. The van der Waals surface area contributed by atoms with Gasteiger partial charge in [0.1, 0.15) is 5.03 Å². The Morgan fingerprint density at radius 3 is 2.57 bits per heavy atom. The molecular formula is C14H12ClN3O2S. The largest absolute Gasteiger partial charge is 0.351 e. The molecule has 1 heterocycles. The van der Waals surface area contributed by atoms with Gasteiger partial charge in [-0.3, -0.25) is 4.79 Å². The minimum atomic E-state index is -0.644. The molecule has 0 fully saturated rings. The number of nitrogens with one attached hydrogen (secondary N) is 1. The van der Waals surface area contributed by atoms with Gasteiger partial charge in [-0.05, 0) is 36.4 Å². The Bertz CT molecular complexity index is 662. The third kappa shape index (κ3) is 4.47. The van der Waals surface area contributed by atoms with E-state index in [1.807, 2.05) is 0 Å². The van der Waals surface area contributed by atoms with Gasteiger partial charge in [-0.2, -0.15) is 0 Å². The van der Waals surface area contributed by atoms with E-state index in [4.69, 9.17) is 17.3 Å². The highest BCUT2D eigenvalue weighted by molar-refractivity contribution is 8.00. The summed E-state index contributed by atoms with van der Waals surface area (Å²) in [6.07, 6.45) is 1.63. The minimum Gasteiger partial charge on any atom is -0.351 e. The van der Waals surface area contributed by atoms with E-state index in [-0.39, 0.29) is 11.5 Å². The maximum Gasteiger partial charge on any atom is 0.316 e. The van der Waals surface area contributed by atoms with Gasteiger partial charge in [-0.15, -0.1) is 0 Å². The summed E-state index contributed by atoms with van der Waals surface area (Å²) in [6, 6.07) is 9.33. The molecule has 2 rings (SSSR count). The van der Waals surface area contributed by atoms with Crippen LogP contribution in [-0.2, 0) is 0 Å². The number of carbonyl (C=O) groups excluding carboxylic acids is 2. The number of hydrogen-bond acceptors (Lipinski definition) is 4. The Kier molecular flexibility index (Phi) is 5.19. The summed E-state index contributed by atoms with van der Waals surface area (Å²) in [5.41, 5.74) is 6.10. The van der Waals surface area contributed by atoms with Gasteiger partial charge in [0, 0.05) is 17.4 Å².